The number of nitrogens with one attached hydrogen (secondary N) is 1. The number of nitrogens with zero attached hydrogens (tertiary/aromatic N) is 2. The van der Waals surface area contributed by atoms with Crippen LogP contribution in [0.3, 0.4) is 0 Å². The summed E-state index contributed by atoms with van der Waals surface area (Å²) in [5.41, 5.74) is 3.65. The Balaban J connectivity index is 1.94. The summed E-state index contributed by atoms with van der Waals surface area (Å²) in [6.07, 6.45) is 2.31. The van der Waals surface area contributed by atoms with Crippen LogP contribution in [0.25, 0.3) is 0 Å². The lowest BCUT2D eigenvalue weighted by atomic mass is 9.96. The summed E-state index contributed by atoms with van der Waals surface area (Å²) in [5, 5.41) is 3.80. The van der Waals surface area contributed by atoms with Gasteiger partial charge in [-0.1, -0.05) is 29.8 Å². The molecule has 0 radical (unpaired) electrons. The van der Waals surface area contributed by atoms with Gasteiger partial charge < -0.3 is 10.2 Å². The van der Waals surface area contributed by atoms with Crippen LogP contribution in [0.2, 0.25) is 5.02 Å². The number of fused-ring (bicyclic) bond motifs is 1. The quantitative estimate of drug-likeness (QED) is 0.924. The van der Waals surface area contributed by atoms with E-state index in [9.17, 15) is 0 Å². The molecule has 0 bridgehead atoms. The van der Waals surface area contributed by atoms with Gasteiger partial charge in [0.05, 0.1) is 17.3 Å². The first kappa shape index (κ1) is 14.2. The first-order valence-corrected chi connectivity index (χ1v) is 7.74. The number of pyridine rings is 1. The van der Waals surface area contributed by atoms with Gasteiger partial charge in [0.25, 0.3) is 0 Å². The minimum Gasteiger partial charge on any atom is -0.373 e. The van der Waals surface area contributed by atoms with E-state index in [1.165, 1.54) is 17.7 Å². The van der Waals surface area contributed by atoms with Gasteiger partial charge in [-0.05, 0) is 43.5 Å². The largest absolute Gasteiger partial charge is 0.373 e. The van der Waals surface area contributed by atoms with Crippen molar-refractivity contribution in [3.63, 3.8) is 0 Å². The molecule has 0 spiro atoms. The molecule has 1 N–H and O–H groups in total. The lowest BCUT2D eigenvalue weighted by Gasteiger charge is -2.37. The molecule has 0 saturated heterocycles. The Morgan fingerprint density at radius 3 is 2.90 bits per heavy atom. The fourth-order valence-corrected chi connectivity index (χ4v) is 3.06. The minimum absolute atomic E-state index is 0.496. The second kappa shape index (κ2) is 5.94. The Hall–Kier alpha value is -1.74. The molecule has 2 aromatic rings. The summed E-state index contributed by atoms with van der Waals surface area (Å²) in [6.45, 7) is 3.01. The van der Waals surface area contributed by atoms with Gasteiger partial charge in [-0.2, -0.15) is 0 Å². The van der Waals surface area contributed by atoms with Gasteiger partial charge in [-0.25, -0.2) is 4.98 Å². The van der Waals surface area contributed by atoms with Crippen molar-refractivity contribution in [2.24, 2.45) is 0 Å². The number of rotatable bonds is 3. The molecular weight excluding hydrogens is 282 g/mol. The summed E-state index contributed by atoms with van der Waals surface area (Å²) < 4.78 is 0. The molecule has 0 aliphatic carbocycles. The average molecular weight is 302 g/mol. The highest BCUT2D eigenvalue weighted by molar-refractivity contribution is 6.31. The molecule has 21 heavy (non-hydrogen) atoms. The minimum atomic E-state index is 0.496. The Morgan fingerprint density at radius 1 is 1.29 bits per heavy atom. The van der Waals surface area contributed by atoms with Gasteiger partial charge in [-0.15, -0.1) is 0 Å². The molecule has 1 aromatic heterocycles. The van der Waals surface area contributed by atoms with E-state index < -0.39 is 0 Å². The number of aryl methyl sites for hydroxylation is 1. The maximum absolute atomic E-state index is 6.33. The second-order valence-corrected chi connectivity index (χ2v) is 5.93. The normalized spacial score (nSPS) is 17.5. The molecular formula is C17H20ClN3. The fraction of sp³-hybridized carbons (Fsp3) is 0.353. The molecule has 0 fully saturated rings. The van der Waals surface area contributed by atoms with Crippen molar-refractivity contribution < 1.29 is 0 Å². The number of hydrogen-bond donors (Lipinski definition) is 1. The van der Waals surface area contributed by atoms with E-state index in [2.05, 4.69) is 46.4 Å². The van der Waals surface area contributed by atoms with Gasteiger partial charge >= 0.3 is 0 Å². The number of hydrogen-bond acceptors (Lipinski definition) is 3. The van der Waals surface area contributed by atoms with E-state index in [1.54, 1.807) is 0 Å². The zero-order chi connectivity index (χ0) is 14.8. The SMILES string of the molecule is CNc1ccc(Cl)c(CN2c3ccccc3CCC2C)n1. The van der Waals surface area contributed by atoms with Gasteiger partial charge in [0.1, 0.15) is 5.82 Å². The number of benzene rings is 1. The lowest BCUT2D eigenvalue weighted by molar-refractivity contribution is 0.557. The van der Waals surface area contributed by atoms with Crippen LogP contribution < -0.4 is 10.2 Å². The zero-order valence-electron chi connectivity index (χ0n) is 12.4. The molecule has 1 atom stereocenters. The molecule has 2 heterocycles. The highest BCUT2D eigenvalue weighted by atomic mass is 35.5. The third kappa shape index (κ3) is 2.84. The summed E-state index contributed by atoms with van der Waals surface area (Å²) in [6, 6.07) is 12.9. The Bertz CT molecular complexity index is 642. The van der Waals surface area contributed by atoms with E-state index >= 15 is 0 Å². The molecule has 0 saturated carbocycles. The van der Waals surface area contributed by atoms with E-state index in [4.69, 9.17) is 11.6 Å². The number of aromatic nitrogens is 1. The molecule has 1 aliphatic rings. The van der Waals surface area contributed by atoms with Crippen molar-refractivity contribution in [2.45, 2.75) is 32.4 Å². The van der Waals surface area contributed by atoms with Crippen LogP contribution in [0, 0.1) is 0 Å². The molecule has 3 nitrogen and oxygen atoms in total. The molecule has 1 aromatic carbocycles. The summed E-state index contributed by atoms with van der Waals surface area (Å²) in [4.78, 5) is 7.02. The summed E-state index contributed by atoms with van der Waals surface area (Å²) in [5.74, 6) is 0.854. The molecule has 110 valence electrons. The predicted molar refractivity (Wildman–Crippen MR) is 89.2 cm³/mol. The van der Waals surface area contributed by atoms with Gasteiger partial charge in [0.15, 0.2) is 0 Å². The lowest BCUT2D eigenvalue weighted by Crippen LogP contribution is -2.37. The van der Waals surface area contributed by atoms with Crippen LogP contribution in [0.4, 0.5) is 11.5 Å². The smallest absolute Gasteiger partial charge is 0.126 e. The third-order valence-corrected chi connectivity index (χ3v) is 4.50. The number of halogens is 1. The maximum atomic E-state index is 6.33. The van der Waals surface area contributed by atoms with E-state index in [0.717, 1.165) is 29.5 Å². The molecule has 3 rings (SSSR count). The van der Waals surface area contributed by atoms with Crippen molar-refractivity contribution in [3.8, 4) is 0 Å². The van der Waals surface area contributed by atoms with Crippen molar-refractivity contribution >= 4 is 23.1 Å². The molecule has 4 heteroatoms. The summed E-state index contributed by atoms with van der Waals surface area (Å²) in [7, 11) is 1.87. The highest BCUT2D eigenvalue weighted by Gasteiger charge is 2.23. The maximum Gasteiger partial charge on any atom is 0.126 e. The molecule has 0 amide bonds. The Kier molecular flexibility index (Phi) is 4.02. The standard InChI is InChI=1S/C17H20ClN3/c1-12-7-8-13-5-3-4-6-16(13)21(12)11-15-14(18)9-10-17(19-2)20-15/h3-6,9-10,12H,7-8,11H2,1-2H3,(H,19,20). The van der Waals surface area contributed by atoms with Crippen molar-refractivity contribution in [2.75, 3.05) is 17.3 Å². The van der Waals surface area contributed by atoms with Crippen molar-refractivity contribution in [3.05, 3.63) is 52.7 Å². The summed E-state index contributed by atoms with van der Waals surface area (Å²) >= 11 is 6.33. The second-order valence-electron chi connectivity index (χ2n) is 5.52. The molecule has 1 aliphatic heterocycles. The van der Waals surface area contributed by atoms with Crippen molar-refractivity contribution in [1.82, 2.24) is 4.98 Å². The van der Waals surface area contributed by atoms with Crippen LogP contribution in [0.5, 0.6) is 0 Å². The topological polar surface area (TPSA) is 28.2 Å². The number of para-hydroxylation sites is 1. The monoisotopic (exact) mass is 301 g/mol. The van der Waals surface area contributed by atoms with Gasteiger partial charge in [-0.3, -0.25) is 0 Å². The Morgan fingerprint density at radius 2 is 2.10 bits per heavy atom. The van der Waals surface area contributed by atoms with Crippen LogP contribution in [-0.2, 0) is 13.0 Å². The van der Waals surface area contributed by atoms with E-state index in [-0.39, 0.29) is 0 Å². The van der Waals surface area contributed by atoms with Gasteiger partial charge in [0.2, 0.25) is 0 Å². The third-order valence-electron chi connectivity index (χ3n) is 4.16. The van der Waals surface area contributed by atoms with Crippen LogP contribution in [0.15, 0.2) is 36.4 Å². The van der Waals surface area contributed by atoms with Crippen LogP contribution in [-0.4, -0.2) is 18.1 Å². The first-order valence-electron chi connectivity index (χ1n) is 7.36. The Labute approximate surface area is 131 Å². The zero-order valence-corrected chi connectivity index (χ0v) is 13.2. The number of anilines is 2. The first-order chi connectivity index (χ1) is 10.2. The average Bonchev–Trinajstić information content (AvgIpc) is 2.52. The van der Waals surface area contributed by atoms with Gasteiger partial charge in [0, 0.05) is 18.8 Å². The van der Waals surface area contributed by atoms with E-state index in [1.807, 2.05) is 19.2 Å². The van der Waals surface area contributed by atoms with Crippen LogP contribution >= 0.6 is 11.6 Å². The highest BCUT2D eigenvalue weighted by Crippen LogP contribution is 2.32. The predicted octanol–water partition coefficient (Wildman–Crippen LogP) is 4.12. The van der Waals surface area contributed by atoms with Crippen molar-refractivity contribution in [1.29, 1.82) is 0 Å². The fourth-order valence-electron chi connectivity index (χ4n) is 2.90. The van der Waals surface area contributed by atoms with E-state index in [0.29, 0.717) is 6.04 Å². The van der Waals surface area contributed by atoms with Crippen LogP contribution in [0.1, 0.15) is 24.6 Å². The molecule has 1 unspecified atom stereocenters.